The molecule has 0 radical (unpaired) electrons. The van der Waals surface area contributed by atoms with E-state index in [1.54, 1.807) is 20.1 Å². The lowest BCUT2D eigenvalue weighted by molar-refractivity contribution is -0.384. The fraction of sp³-hybridized carbons (Fsp3) is 0.130. The number of hydrogen-bond donors (Lipinski definition) is 1. The van der Waals surface area contributed by atoms with Crippen molar-refractivity contribution in [1.82, 2.24) is 0 Å². The number of carbonyl (C=O) groups is 2. The van der Waals surface area contributed by atoms with Crippen LogP contribution in [-0.2, 0) is 14.3 Å². The molecule has 0 aliphatic heterocycles. The van der Waals surface area contributed by atoms with E-state index < -0.39 is 23.4 Å². The Labute approximate surface area is 178 Å². The largest absolute Gasteiger partial charge is 0.497 e. The molecule has 0 spiro atoms. The van der Waals surface area contributed by atoms with Gasteiger partial charge in [0.05, 0.1) is 12.0 Å². The van der Waals surface area contributed by atoms with Gasteiger partial charge in [-0.05, 0) is 59.2 Å². The number of aryl methyl sites for hydroxylation is 1. The highest BCUT2D eigenvalue weighted by atomic mass is 16.6. The summed E-state index contributed by atoms with van der Waals surface area (Å²) in [6.07, 6.45) is 2.85. The van der Waals surface area contributed by atoms with Crippen molar-refractivity contribution in [2.45, 2.75) is 6.92 Å². The lowest BCUT2D eigenvalue weighted by Gasteiger charge is -2.08. The summed E-state index contributed by atoms with van der Waals surface area (Å²) in [4.78, 5) is 34.2. The minimum Gasteiger partial charge on any atom is -0.497 e. The number of ether oxygens (including phenoxy) is 2. The third kappa shape index (κ3) is 5.66. The van der Waals surface area contributed by atoms with Crippen LogP contribution >= 0.6 is 0 Å². The number of non-ortho nitro benzene ring substituents is 1. The number of fused-ring (bicyclic) bond motifs is 1. The predicted molar refractivity (Wildman–Crippen MR) is 117 cm³/mol. The monoisotopic (exact) mass is 420 g/mol. The number of benzene rings is 3. The third-order valence-electron chi connectivity index (χ3n) is 4.52. The average molecular weight is 420 g/mol. The minimum atomic E-state index is -0.662. The summed E-state index contributed by atoms with van der Waals surface area (Å²) in [7, 11) is 1.61. The summed E-state index contributed by atoms with van der Waals surface area (Å²) in [6, 6.07) is 15.5. The van der Waals surface area contributed by atoms with Crippen molar-refractivity contribution in [2.24, 2.45) is 0 Å². The molecule has 0 heterocycles. The van der Waals surface area contributed by atoms with Gasteiger partial charge in [-0.3, -0.25) is 14.9 Å². The number of rotatable bonds is 7. The van der Waals surface area contributed by atoms with Crippen molar-refractivity contribution in [3.05, 3.63) is 81.9 Å². The first kappa shape index (κ1) is 21.5. The Kier molecular flexibility index (Phi) is 6.61. The fourth-order valence-electron chi connectivity index (χ4n) is 2.91. The zero-order valence-electron chi connectivity index (χ0n) is 17.0. The molecule has 3 aromatic carbocycles. The SMILES string of the molecule is COc1ccc2cc(/C=C/C(=O)OCC(=O)Nc3ccc([N+](=O)[O-])cc3C)ccc2c1. The summed E-state index contributed by atoms with van der Waals surface area (Å²) in [5.41, 5.74) is 1.68. The molecular formula is C23H20N2O6. The molecule has 3 aromatic rings. The van der Waals surface area contributed by atoms with E-state index >= 15 is 0 Å². The third-order valence-corrected chi connectivity index (χ3v) is 4.52. The summed E-state index contributed by atoms with van der Waals surface area (Å²) < 4.78 is 10.2. The van der Waals surface area contributed by atoms with E-state index in [0.29, 0.717) is 11.3 Å². The van der Waals surface area contributed by atoms with Crippen molar-refractivity contribution in [2.75, 3.05) is 19.0 Å². The second-order valence-corrected chi connectivity index (χ2v) is 6.72. The number of methoxy groups -OCH3 is 1. The fourth-order valence-corrected chi connectivity index (χ4v) is 2.91. The van der Waals surface area contributed by atoms with Crippen LogP contribution in [0.4, 0.5) is 11.4 Å². The van der Waals surface area contributed by atoms with Gasteiger partial charge in [-0.15, -0.1) is 0 Å². The molecule has 0 aromatic heterocycles. The standard InChI is InChI=1S/C23H20N2O6/c1-15-11-19(25(28)29)7-9-21(15)24-22(26)14-31-23(27)10-4-16-3-5-18-13-20(30-2)8-6-17(18)12-16/h3-13H,14H2,1-2H3,(H,24,26)/b10-4+. The Morgan fingerprint density at radius 1 is 1.06 bits per heavy atom. The predicted octanol–water partition coefficient (Wildman–Crippen LogP) is 4.26. The summed E-state index contributed by atoms with van der Waals surface area (Å²) in [6.45, 7) is 1.16. The lowest BCUT2D eigenvalue weighted by atomic mass is 10.1. The number of carbonyl (C=O) groups excluding carboxylic acids is 2. The zero-order valence-corrected chi connectivity index (χ0v) is 17.0. The molecular weight excluding hydrogens is 400 g/mol. The molecule has 31 heavy (non-hydrogen) atoms. The molecule has 1 N–H and O–H groups in total. The van der Waals surface area contributed by atoms with Crippen LogP contribution in [0.2, 0.25) is 0 Å². The second kappa shape index (κ2) is 9.53. The molecule has 1 amide bonds. The number of amides is 1. The average Bonchev–Trinajstić information content (AvgIpc) is 2.77. The van der Waals surface area contributed by atoms with Crippen molar-refractivity contribution in [3.63, 3.8) is 0 Å². The van der Waals surface area contributed by atoms with Gasteiger partial charge in [-0.25, -0.2) is 4.79 Å². The van der Waals surface area contributed by atoms with E-state index in [1.807, 2.05) is 36.4 Å². The first-order valence-corrected chi connectivity index (χ1v) is 9.33. The summed E-state index contributed by atoms with van der Waals surface area (Å²) in [5, 5.41) is 15.3. The van der Waals surface area contributed by atoms with Gasteiger partial charge in [0.2, 0.25) is 0 Å². The van der Waals surface area contributed by atoms with Crippen LogP contribution in [0.3, 0.4) is 0 Å². The number of hydrogen-bond acceptors (Lipinski definition) is 6. The molecule has 8 heteroatoms. The smallest absolute Gasteiger partial charge is 0.331 e. The second-order valence-electron chi connectivity index (χ2n) is 6.72. The topological polar surface area (TPSA) is 108 Å². The van der Waals surface area contributed by atoms with E-state index in [1.165, 1.54) is 24.3 Å². The quantitative estimate of drug-likeness (QED) is 0.265. The maximum absolute atomic E-state index is 12.0. The molecule has 8 nitrogen and oxygen atoms in total. The Hall–Kier alpha value is -4.20. The van der Waals surface area contributed by atoms with Gasteiger partial charge in [0.1, 0.15) is 5.75 Å². The molecule has 0 bridgehead atoms. The summed E-state index contributed by atoms with van der Waals surface area (Å²) >= 11 is 0. The number of nitro benzene ring substituents is 1. The molecule has 0 aliphatic rings. The van der Waals surface area contributed by atoms with Crippen molar-refractivity contribution >= 4 is 40.1 Å². The van der Waals surface area contributed by atoms with Gasteiger partial charge < -0.3 is 14.8 Å². The van der Waals surface area contributed by atoms with Crippen LogP contribution < -0.4 is 10.1 Å². The summed E-state index contributed by atoms with van der Waals surface area (Å²) in [5.74, 6) is -0.440. The van der Waals surface area contributed by atoms with E-state index in [2.05, 4.69) is 5.32 Å². The maximum Gasteiger partial charge on any atom is 0.331 e. The number of nitrogens with zero attached hydrogens (tertiary/aromatic N) is 1. The van der Waals surface area contributed by atoms with E-state index in [0.717, 1.165) is 22.1 Å². The van der Waals surface area contributed by atoms with E-state index in [4.69, 9.17) is 9.47 Å². The zero-order chi connectivity index (χ0) is 22.4. The number of esters is 1. The molecule has 0 saturated carbocycles. The van der Waals surface area contributed by atoms with E-state index in [-0.39, 0.29) is 5.69 Å². The van der Waals surface area contributed by atoms with Crippen LogP contribution in [-0.4, -0.2) is 30.5 Å². The van der Waals surface area contributed by atoms with Gasteiger partial charge in [0.25, 0.3) is 11.6 Å². The first-order valence-electron chi connectivity index (χ1n) is 9.33. The highest BCUT2D eigenvalue weighted by Crippen LogP contribution is 2.23. The van der Waals surface area contributed by atoms with Crippen molar-refractivity contribution in [3.8, 4) is 5.75 Å². The van der Waals surface area contributed by atoms with Crippen molar-refractivity contribution in [1.29, 1.82) is 0 Å². The molecule has 0 fully saturated rings. The van der Waals surface area contributed by atoms with Crippen LogP contribution in [0.25, 0.3) is 16.8 Å². The number of nitro groups is 1. The first-order chi connectivity index (χ1) is 14.9. The van der Waals surface area contributed by atoms with Gasteiger partial charge in [0, 0.05) is 23.9 Å². The normalized spacial score (nSPS) is 10.8. The Bertz CT molecular complexity index is 1190. The molecule has 0 unspecified atom stereocenters. The molecule has 0 aliphatic carbocycles. The molecule has 0 atom stereocenters. The van der Waals surface area contributed by atoms with E-state index in [9.17, 15) is 19.7 Å². The van der Waals surface area contributed by atoms with Gasteiger partial charge in [0.15, 0.2) is 6.61 Å². The van der Waals surface area contributed by atoms with Crippen molar-refractivity contribution < 1.29 is 24.0 Å². The Morgan fingerprint density at radius 3 is 2.52 bits per heavy atom. The highest BCUT2D eigenvalue weighted by molar-refractivity contribution is 5.95. The van der Waals surface area contributed by atoms with Gasteiger partial charge >= 0.3 is 5.97 Å². The molecule has 158 valence electrons. The highest BCUT2D eigenvalue weighted by Gasteiger charge is 2.11. The van der Waals surface area contributed by atoms with Gasteiger partial charge in [-0.1, -0.05) is 18.2 Å². The van der Waals surface area contributed by atoms with Crippen LogP contribution in [0.15, 0.2) is 60.7 Å². The molecule has 3 rings (SSSR count). The Morgan fingerprint density at radius 2 is 1.81 bits per heavy atom. The Balaban J connectivity index is 1.54. The maximum atomic E-state index is 12.0. The van der Waals surface area contributed by atoms with Gasteiger partial charge in [-0.2, -0.15) is 0 Å². The lowest BCUT2D eigenvalue weighted by Crippen LogP contribution is -2.20. The number of nitrogens with one attached hydrogen (secondary N) is 1. The van der Waals surface area contributed by atoms with Crippen LogP contribution in [0.1, 0.15) is 11.1 Å². The molecule has 0 saturated heterocycles. The minimum absolute atomic E-state index is 0.0695. The van der Waals surface area contributed by atoms with Crippen LogP contribution in [0, 0.1) is 17.0 Å². The number of anilines is 1. The van der Waals surface area contributed by atoms with Crippen LogP contribution in [0.5, 0.6) is 5.75 Å².